The molecular weight excluding hydrogens is 430 g/mol. The second kappa shape index (κ2) is 7.21. The molecule has 1 aliphatic heterocycles. The number of nitrogens with zero attached hydrogens (tertiary/aromatic N) is 4. The van der Waals surface area contributed by atoms with Gasteiger partial charge in [0, 0.05) is 29.8 Å². The van der Waals surface area contributed by atoms with E-state index < -0.39 is 10.0 Å². The molecule has 0 radical (unpaired) electrons. The molecule has 7 nitrogen and oxygen atoms in total. The van der Waals surface area contributed by atoms with E-state index in [1.807, 2.05) is 7.05 Å². The summed E-state index contributed by atoms with van der Waals surface area (Å²) in [6.07, 6.45) is 5.03. The first-order chi connectivity index (χ1) is 13.0. The van der Waals surface area contributed by atoms with Crippen molar-refractivity contribution in [3.8, 4) is 0 Å². The lowest BCUT2D eigenvalue weighted by Crippen LogP contribution is -2.41. The Morgan fingerprint density at radius 2 is 1.85 bits per heavy atom. The molecule has 1 N–H and O–H groups in total. The lowest BCUT2D eigenvalue weighted by molar-refractivity contribution is 0.441. The zero-order valence-corrected chi connectivity index (χ0v) is 17.2. The van der Waals surface area contributed by atoms with Crippen molar-refractivity contribution in [1.29, 1.82) is 0 Å². The van der Waals surface area contributed by atoms with Crippen molar-refractivity contribution in [3.05, 3.63) is 47.3 Å². The Bertz CT molecular complexity index is 1060. The van der Waals surface area contributed by atoms with E-state index >= 15 is 0 Å². The number of halogens is 1. The highest BCUT2D eigenvalue weighted by molar-refractivity contribution is 9.10. The van der Waals surface area contributed by atoms with Crippen molar-refractivity contribution < 1.29 is 8.42 Å². The smallest absolute Gasteiger partial charge is 0.269 e. The Morgan fingerprint density at radius 1 is 1.15 bits per heavy atom. The van der Waals surface area contributed by atoms with Crippen molar-refractivity contribution in [2.75, 3.05) is 25.0 Å². The standard InChI is InChI=1S/C18H20BrN5O2S/c1-20-13-7-9-23(10-8-13)17-16-15(19)11-24(18(16)22-12-21-17)27(25,26)14-5-3-2-4-6-14/h2-6,11-13,20H,7-10H2,1H3. The second-order valence-electron chi connectivity index (χ2n) is 6.54. The lowest BCUT2D eigenvalue weighted by Gasteiger charge is -2.32. The summed E-state index contributed by atoms with van der Waals surface area (Å²) >= 11 is 3.52. The van der Waals surface area contributed by atoms with Gasteiger partial charge in [0.1, 0.15) is 12.1 Å². The molecule has 0 bridgehead atoms. The number of aromatic nitrogens is 3. The Morgan fingerprint density at radius 3 is 2.52 bits per heavy atom. The van der Waals surface area contributed by atoms with Gasteiger partial charge < -0.3 is 10.2 Å². The molecule has 1 aliphatic rings. The molecule has 0 amide bonds. The van der Waals surface area contributed by atoms with Gasteiger partial charge in [0.2, 0.25) is 0 Å². The average molecular weight is 450 g/mol. The van der Waals surface area contributed by atoms with E-state index in [1.165, 1.54) is 10.3 Å². The fourth-order valence-electron chi connectivity index (χ4n) is 3.49. The molecule has 3 aromatic rings. The van der Waals surface area contributed by atoms with Gasteiger partial charge in [-0.1, -0.05) is 18.2 Å². The summed E-state index contributed by atoms with van der Waals surface area (Å²) in [4.78, 5) is 11.2. The predicted molar refractivity (Wildman–Crippen MR) is 109 cm³/mol. The third-order valence-corrected chi connectivity index (χ3v) is 7.25. The molecule has 1 fully saturated rings. The molecule has 1 saturated heterocycles. The van der Waals surface area contributed by atoms with Gasteiger partial charge in [0.25, 0.3) is 10.0 Å². The van der Waals surface area contributed by atoms with E-state index in [0.29, 0.717) is 16.2 Å². The number of benzene rings is 1. The molecule has 27 heavy (non-hydrogen) atoms. The molecule has 0 unspecified atom stereocenters. The van der Waals surface area contributed by atoms with Crippen LogP contribution in [0.2, 0.25) is 0 Å². The van der Waals surface area contributed by atoms with Crippen LogP contribution < -0.4 is 10.2 Å². The van der Waals surface area contributed by atoms with Crippen LogP contribution in [0.3, 0.4) is 0 Å². The number of anilines is 1. The molecule has 142 valence electrons. The van der Waals surface area contributed by atoms with Gasteiger partial charge in [-0.25, -0.2) is 22.4 Å². The van der Waals surface area contributed by atoms with Gasteiger partial charge in [-0.15, -0.1) is 0 Å². The van der Waals surface area contributed by atoms with Gasteiger partial charge >= 0.3 is 0 Å². The number of rotatable bonds is 4. The van der Waals surface area contributed by atoms with Crippen molar-refractivity contribution in [3.63, 3.8) is 0 Å². The van der Waals surface area contributed by atoms with Crippen molar-refractivity contribution in [1.82, 2.24) is 19.3 Å². The normalized spacial score (nSPS) is 16.1. The Hall–Kier alpha value is -1.97. The Balaban J connectivity index is 1.81. The number of piperidine rings is 1. The van der Waals surface area contributed by atoms with Crippen LogP contribution in [0.5, 0.6) is 0 Å². The summed E-state index contributed by atoms with van der Waals surface area (Å²) in [5.41, 5.74) is 0.381. The van der Waals surface area contributed by atoms with Crippen LogP contribution in [0, 0.1) is 0 Å². The highest BCUT2D eigenvalue weighted by Crippen LogP contribution is 2.34. The van der Waals surface area contributed by atoms with Crippen LogP contribution in [0.25, 0.3) is 11.0 Å². The molecule has 4 rings (SSSR count). The topological polar surface area (TPSA) is 80.1 Å². The van der Waals surface area contributed by atoms with Crippen molar-refractivity contribution in [2.45, 2.75) is 23.8 Å². The van der Waals surface area contributed by atoms with Gasteiger partial charge in [-0.05, 0) is 48.0 Å². The Kier molecular flexibility index (Phi) is 4.92. The fraction of sp³-hybridized carbons (Fsp3) is 0.333. The molecule has 9 heteroatoms. The highest BCUT2D eigenvalue weighted by Gasteiger charge is 2.26. The maximum Gasteiger partial charge on any atom is 0.269 e. The average Bonchev–Trinajstić information content (AvgIpc) is 3.06. The van der Waals surface area contributed by atoms with Crippen LogP contribution >= 0.6 is 15.9 Å². The van der Waals surface area contributed by atoms with Gasteiger partial charge in [-0.3, -0.25) is 0 Å². The van der Waals surface area contributed by atoms with Crippen molar-refractivity contribution in [2.24, 2.45) is 0 Å². The first-order valence-electron chi connectivity index (χ1n) is 8.77. The summed E-state index contributed by atoms with van der Waals surface area (Å²) in [6, 6.07) is 8.88. The Labute approximate surface area is 166 Å². The maximum atomic E-state index is 13.1. The lowest BCUT2D eigenvalue weighted by atomic mass is 10.1. The molecule has 0 spiro atoms. The number of fused-ring (bicyclic) bond motifs is 1. The minimum Gasteiger partial charge on any atom is -0.356 e. The molecule has 1 aromatic carbocycles. The quantitative estimate of drug-likeness (QED) is 0.659. The zero-order valence-electron chi connectivity index (χ0n) is 14.8. The third kappa shape index (κ3) is 3.24. The fourth-order valence-corrected chi connectivity index (χ4v) is 5.52. The van der Waals surface area contributed by atoms with Crippen LogP contribution in [-0.2, 0) is 10.0 Å². The monoisotopic (exact) mass is 449 g/mol. The van der Waals surface area contributed by atoms with E-state index in [2.05, 4.69) is 36.1 Å². The SMILES string of the molecule is CNC1CCN(c2ncnc3c2c(Br)cn3S(=O)(=O)c2ccccc2)CC1. The maximum absolute atomic E-state index is 13.1. The first kappa shape index (κ1) is 18.4. The molecule has 2 aromatic heterocycles. The predicted octanol–water partition coefficient (Wildman–Crippen LogP) is 2.62. The summed E-state index contributed by atoms with van der Waals surface area (Å²) in [6.45, 7) is 1.72. The van der Waals surface area contributed by atoms with Crippen LogP contribution in [0.4, 0.5) is 5.82 Å². The van der Waals surface area contributed by atoms with E-state index in [4.69, 9.17) is 0 Å². The number of hydrogen-bond donors (Lipinski definition) is 1. The summed E-state index contributed by atoms with van der Waals surface area (Å²) in [7, 11) is -1.76. The minimum absolute atomic E-state index is 0.226. The molecule has 0 saturated carbocycles. The largest absolute Gasteiger partial charge is 0.356 e. The molecule has 3 heterocycles. The first-order valence-corrected chi connectivity index (χ1v) is 11.0. The van der Waals surface area contributed by atoms with Crippen LogP contribution in [0.1, 0.15) is 12.8 Å². The summed E-state index contributed by atoms with van der Waals surface area (Å²) in [5, 5.41) is 4.04. The van der Waals surface area contributed by atoms with E-state index in [0.717, 1.165) is 37.1 Å². The number of hydrogen-bond acceptors (Lipinski definition) is 6. The van der Waals surface area contributed by atoms with E-state index in [9.17, 15) is 8.42 Å². The van der Waals surface area contributed by atoms with Crippen LogP contribution in [0.15, 0.2) is 52.2 Å². The summed E-state index contributed by atoms with van der Waals surface area (Å²) in [5.74, 6) is 0.767. The van der Waals surface area contributed by atoms with Crippen molar-refractivity contribution >= 4 is 42.8 Å². The summed E-state index contributed by atoms with van der Waals surface area (Å²) < 4.78 is 28.1. The number of nitrogens with one attached hydrogen (secondary N) is 1. The van der Waals surface area contributed by atoms with Gasteiger partial charge in [-0.2, -0.15) is 0 Å². The van der Waals surface area contributed by atoms with Gasteiger partial charge in [0.05, 0.1) is 10.3 Å². The van der Waals surface area contributed by atoms with E-state index in [-0.39, 0.29) is 4.90 Å². The van der Waals surface area contributed by atoms with E-state index in [1.54, 1.807) is 36.5 Å². The zero-order chi connectivity index (χ0) is 19.0. The highest BCUT2D eigenvalue weighted by atomic mass is 79.9. The second-order valence-corrected chi connectivity index (χ2v) is 9.21. The third-order valence-electron chi connectivity index (χ3n) is 4.99. The van der Waals surface area contributed by atoms with Crippen LogP contribution in [-0.4, -0.2) is 48.5 Å². The minimum atomic E-state index is -3.74. The molecular formula is C18H20BrN5O2S. The van der Waals surface area contributed by atoms with Gasteiger partial charge in [0.15, 0.2) is 5.65 Å². The molecule has 0 atom stereocenters. The molecule has 0 aliphatic carbocycles.